The lowest BCUT2D eigenvalue weighted by Gasteiger charge is -2.11. The molecule has 1 amide bonds. The van der Waals surface area contributed by atoms with Crippen molar-refractivity contribution < 1.29 is 14.6 Å². The Morgan fingerprint density at radius 2 is 1.97 bits per heavy atom. The highest BCUT2D eigenvalue weighted by Crippen LogP contribution is 2.29. The number of nitrogens with zero attached hydrogens (tertiary/aromatic N) is 3. The number of carbonyl (C=O) groups is 1. The molecule has 0 atom stereocenters. The van der Waals surface area contributed by atoms with Crippen molar-refractivity contribution in [3.05, 3.63) is 53.6 Å². The number of methoxy groups -OCH3 is 1. The van der Waals surface area contributed by atoms with Gasteiger partial charge in [-0.15, -0.1) is 10.2 Å². The van der Waals surface area contributed by atoms with E-state index in [1.807, 2.05) is 28.8 Å². The second-order valence-corrected chi connectivity index (χ2v) is 7.52. The maximum Gasteiger partial charge on any atom is 0.234 e. The maximum absolute atomic E-state index is 12.3. The average Bonchev–Trinajstić information content (AvgIpc) is 3.11. The van der Waals surface area contributed by atoms with Crippen molar-refractivity contribution in [2.75, 3.05) is 24.8 Å². The second-order valence-electron chi connectivity index (χ2n) is 6.17. The number of carbonyl (C=O) groups excluding carboxylic acids is 1. The molecule has 1 aromatic heterocycles. The molecule has 3 aromatic rings. The zero-order valence-electron chi connectivity index (χ0n) is 15.8. The van der Waals surface area contributed by atoms with Gasteiger partial charge in [0.2, 0.25) is 5.91 Å². The number of nitrogens with one attached hydrogen (secondary N) is 1. The van der Waals surface area contributed by atoms with Gasteiger partial charge in [0.25, 0.3) is 0 Å². The predicted octanol–water partition coefficient (Wildman–Crippen LogP) is 4.07. The number of hydrogen-bond acceptors (Lipinski definition) is 6. The molecule has 0 bridgehead atoms. The number of amides is 1. The van der Waals surface area contributed by atoms with Crippen molar-refractivity contribution in [2.24, 2.45) is 0 Å². The molecule has 0 fully saturated rings. The van der Waals surface area contributed by atoms with Gasteiger partial charge in [-0.05, 0) is 42.8 Å². The Labute approximate surface area is 178 Å². The third-order valence-electron chi connectivity index (χ3n) is 4.05. The number of phenolic OH excluding ortho intramolecular Hbond substituents is 1. The third kappa shape index (κ3) is 5.72. The highest BCUT2D eigenvalue weighted by molar-refractivity contribution is 7.99. The number of aromatic hydroxyl groups is 1. The van der Waals surface area contributed by atoms with Crippen molar-refractivity contribution in [3.63, 3.8) is 0 Å². The number of ether oxygens (including phenoxy) is 1. The summed E-state index contributed by atoms with van der Waals surface area (Å²) < 4.78 is 7.11. The summed E-state index contributed by atoms with van der Waals surface area (Å²) in [6, 6.07) is 13.8. The monoisotopic (exact) mass is 432 g/mol. The number of thioether (sulfide) groups is 1. The van der Waals surface area contributed by atoms with E-state index < -0.39 is 0 Å². The summed E-state index contributed by atoms with van der Waals surface area (Å²) in [6.45, 7) is 1.24. The SMILES string of the molecule is COCCCn1c(SCC(=O)Nc2ccc(O)cc2)nnc1-c1ccccc1Cl. The molecule has 9 heteroatoms. The normalized spacial score (nSPS) is 10.8. The number of rotatable bonds is 9. The molecule has 7 nitrogen and oxygen atoms in total. The molecule has 2 aromatic carbocycles. The number of hydrogen-bond donors (Lipinski definition) is 2. The van der Waals surface area contributed by atoms with Crippen molar-refractivity contribution in [1.82, 2.24) is 14.8 Å². The summed E-state index contributed by atoms with van der Waals surface area (Å²) in [5.74, 6) is 0.805. The topological polar surface area (TPSA) is 89.3 Å². The molecule has 0 radical (unpaired) electrons. The van der Waals surface area contributed by atoms with Crippen LogP contribution in [0.2, 0.25) is 5.02 Å². The first kappa shape index (κ1) is 21.2. The lowest BCUT2D eigenvalue weighted by molar-refractivity contribution is -0.113. The van der Waals surface area contributed by atoms with E-state index in [2.05, 4.69) is 15.5 Å². The van der Waals surface area contributed by atoms with Gasteiger partial charge in [0, 0.05) is 31.5 Å². The first-order chi connectivity index (χ1) is 14.1. The van der Waals surface area contributed by atoms with Gasteiger partial charge in [0.05, 0.1) is 10.8 Å². The molecule has 29 heavy (non-hydrogen) atoms. The molecular weight excluding hydrogens is 412 g/mol. The summed E-state index contributed by atoms with van der Waals surface area (Å²) in [6.07, 6.45) is 0.777. The molecule has 0 saturated carbocycles. The lowest BCUT2D eigenvalue weighted by atomic mass is 10.2. The predicted molar refractivity (Wildman–Crippen MR) is 114 cm³/mol. The van der Waals surface area contributed by atoms with Crippen LogP contribution in [0.3, 0.4) is 0 Å². The van der Waals surface area contributed by atoms with Crippen LogP contribution in [0.15, 0.2) is 53.7 Å². The number of halogens is 1. The minimum Gasteiger partial charge on any atom is -0.508 e. The van der Waals surface area contributed by atoms with E-state index in [0.29, 0.717) is 34.8 Å². The maximum atomic E-state index is 12.3. The number of anilines is 1. The fraction of sp³-hybridized carbons (Fsp3) is 0.250. The van der Waals surface area contributed by atoms with Gasteiger partial charge < -0.3 is 19.7 Å². The Bertz CT molecular complexity index is 963. The summed E-state index contributed by atoms with van der Waals surface area (Å²) in [4.78, 5) is 12.3. The quantitative estimate of drug-likeness (QED) is 0.301. The Hall–Kier alpha value is -2.55. The summed E-state index contributed by atoms with van der Waals surface area (Å²) >= 11 is 7.64. The largest absolute Gasteiger partial charge is 0.508 e. The van der Waals surface area contributed by atoms with Crippen LogP contribution in [0.4, 0.5) is 5.69 Å². The van der Waals surface area contributed by atoms with Crippen molar-refractivity contribution in [2.45, 2.75) is 18.1 Å². The van der Waals surface area contributed by atoms with Crippen molar-refractivity contribution in [1.29, 1.82) is 0 Å². The van der Waals surface area contributed by atoms with Gasteiger partial charge in [0.15, 0.2) is 11.0 Å². The highest BCUT2D eigenvalue weighted by Gasteiger charge is 2.17. The Morgan fingerprint density at radius 3 is 2.69 bits per heavy atom. The van der Waals surface area contributed by atoms with Gasteiger partial charge in [0.1, 0.15) is 5.75 Å². The molecule has 2 N–H and O–H groups in total. The van der Waals surface area contributed by atoms with Gasteiger partial charge in [-0.25, -0.2) is 0 Å². The minimum atomic E-state index is -0.175. The standard InChI is InChI=1S/C20H21ClN4O3S/c1-28-12-4-11-25-19(16-5-2-3-6-17(16)21)23-24-20(25)29-13-18(27)22-14-7-9-15(26)10-8-14/h2-3,5-10,26H,4,11-13H2,1H3,(H,22,27). The molecule has 0 saturated heterocycles. The van der Waals surface area contributed by atoms with Gasteiger partial charge in [-0.3, -0.25) is 4.79 Å². The smallest absolute Gasteiger partial charge is 0.234 e. The molecule has 3 rings (SSSR count). The second kappa shape index (κ2) is 10.3. The van der Waals surface area contributed by atoms with Crippen LogP contribution in [-0.2, 0) is 16.1 Å². The van der Waals surface area contributed by atoms with E-state index >= 15 is 0 Å². The molecular formula is C20H21ClN4O3S. The first-order valence-electron chi connectivity index (χ1n) is 8.97. The van der Waals surface area contributed by atoms with Crippen LogP contribution in [-0.4, -0.2) is 45.2 Å². The van der Waals surface area contributed by atoms with Crippen LogP contribution in [0.1, 0.15) is 6.42 Å². The minimum absolute atomic E-state index is 0.147. The van der Waals surface area contributed by atoms with Crippen LogP contribution in [0.5, 0.6) is 5.75 Å². The summed E-state index contributed by atoms with van der Waals surface area (Å²) in [5, 5.41) is 21.9. The van der Waals surface area contributed by atoms with Gasteiger partial charge in [-0.1, -0.05) is 35.5 Å². The molecule has 0 aliphatic carbocycles. The van der Waals surface area contributed by atoms with E-state index in [9.17, 15) is 9.90 Å². The molecule has 0 aliphatic heterocycles. The van der Waals surface area contributed by atoms with E-state index in [1.165, 1.54) is 23.9 Å². The summed E-state index contributed by atoms with van der Waals surface area (Å²) in [5.41, 5.74) is 1.41. The molecule has 152 valence electrons. The molecule has 1 heterocycles. The lowest BCUT2D eigenvalue weighted by Crippen LogP contribution is -2.14. The molecule has 0 spiro atoms. The van der Waals surface area contributed by atoms with E-state index in [4.69, 9.17) is 16.3 Å². The van der Waals surface area contributed by atoms with E-state index in [1.54, 1.807) is 19.2 Å². The van der Waals surface area contributed by atoms with Crippen LogP contribution in [0.25, 0.3) is 11.4 Å². The van der Waals surface area contributed by atoms with Crippen LogP contribution in [0, 0.1) is 0 Å². The number of benzene rings is 2. The molecule has 0 unspecified atom stereocenters. The van der Waals surface area contributed by atoms with Crippen LogP contribution >= 0.6 is 23.4 Å². The Morgan fingerprint density at radius 1 is 1.21 bits per heavy atom. The number of aromatic nitrogens is 3. The number of phenols is 1. The first-order valence-corrected chi connectivity index (χ1v) is 10.3. The van der Waals surface area contributed by atoms with E-state index in [-0.39, 0.29) is 17.4 Å². The van der Waals surface area contributed by atoms with Gasteiger partial charge in [-0.2, -0.15) is 0 Å². The third-order valence-corrected chi connectivity index (χ3v) is 5.34. The van der Waals surface area contributed by atoms with E-state index in [0.717, 1.165) is 12.0 Å². The fourth-order valence-corrected chi connectivity index (χ4v) is 3.66. The Balaban J connectivity index is 1.73. The Kier molecular flexibility index (Phi) is 7.51. The molecule has 0 aliphatic rings. The zero-order valence-corrected chi connectivity index (χ0v) is 17.4. The highest BCUT2D eigenvalue weighted by atomic mass is 35.5. The average molecular weight is 433 g/mol. The van der Waals surface area contributed by atoms with Crippen LogP contribution < -0.4 is 5.32 Å². The van der Waals surface area contributed by atoms with Crippen molar-refractivity contribution >= 4 is 35.0 Å². The summed E-state index contributed by atoms with van der Waals surface area (Å²) in [7, 11) is 1.66. The van der Waals surface area contributed by atoms with Gasteiger partial charge >= 0.3 is 0 Å². The van der Waals surface area contributed by atoms with Crippen molar-refractivity contribution in [3.8, 4) is 17.1 Å². The zero-order chi connectivity index (χ0) is 20.6. The fourth-order valence-electron chi connectivity index (χ4n) is 2.68.